The largest absolute Gasteiger partial charge is 0.491 e. The van der Waals surface area contributed by atoms with Crippen molar-refractivity contribution >= 4 is 10.8 Å². The molecule has 12 nitrogen and oxygen atoms in total. The number of benzene rings is 3. The summed E-state index contributed by atoms with van der Waals surface area (Å²) in [7, 11) is 0. The van der Waals surface area contributed by atoms with Crippen LogP contribution in [0.5, 0.6) is 17.2 Å². The summed E-state index contributed by atoms with van der Waals surface area (Å²) in [6, 6.07) is 20.0. The zero-order valence-corrected chi connectivity index (χ0v) is 29.6. The summed E-state index contributed by atoms with van der Waals surface area (Å²) in [4.78, 5) is 0. The average molecular weight is 723 g/mol. The molecule has 0 bridgehead atoms. The second-order valence-corrected chi connectivity index (χ2v) is 14.1. The molecule has 0 aromatic heterocycles. The molecule has 10 rings (SSSR count). The molecule has 6 aliphatic heterocycles. The monoisotopic (exact) mass is 722 g/mol. The standard InChI is InChI=1S/C16H16O4.C12H20O4.C12H14O4/c1-3-11(7-19-16-10-20-16)13-4-2-6-15(14(13)5-1)18-9-12-8-17-12;2*1-2-9(13-5-11-7-15-11)4-10(3-1)14-6-12-8-16-12/h1-6,12,16H,7-10H2;9-12H,1-8H2;1-4,11-12H,5-8H2. The minimum Gasteiger partial charge on any atom is -0.491 e. The number of ether oxygens (including phenoxy) is 12. The van der Waals surface area contributed by atoms with Gasteiger partial charge in [-0.05, 0) is 54.8 Å². The van der Waals surface area contributed by atoms with Gasteiger partial charge in [-0.15, -0.1) is 0 Å². The Morgan fingerprint density at radius 3 is 1.56 bits per heavy atom. The number of hydrogen-bond donors (Lipinski definition) is 0. The maximum Gasteiger partial charge on any atom is 0.181 e. The Bertz CT molecular complexity index is 1440. The van der Waals surface area contributed by atoms with Crippen LogP contribution in [0, 0.1) is 0 Å². The van der Waals surface area contributed by atoms with Crippen molar-refractivity contribution in [1.29, 1.82) is 0 Å². The number of epoxide rings is 6. The van der Waals surface area contributed by atoms with Crippen molar-refractivity contribution in [3.8, 4) is 17.2 Å². The van der Waals surface area contributed by atoms with Crippen LogP contribution < -0.4 is 14.2 Å². The molecule has 12 heteroatoms. The normalized spacial score (nSPS) is 30.2. The highest BCUT2D eigenvalue weighted by Crippen LogP contribution is 2.30. The van der Waals surface area contributed by atoms with E-state index in [2.05, 4.69) is 18.2 Å². The van der Waals surface area contributed by atoms with Gasteiger partial charge in [-0.2, -0.15) is 0 Å². The summed E-state index contributed by atoms with van der Waals surface area (Å²) in [6.45, 7) is 8.87. The van der Waals surface area contributed by atoms with Crippen molar-refractivity contribution in [2.45, 2.75) is 81.3 Å². The first kappa shape index (κ1) is 36.0. The van der Waals surface area contributed by atoms with E-state index in [4.69, 9.17) is 56.8 Å². The molecule has 6 saturated heterocycles. The summed E-state index contributed by atoms with van der Waals surface area (Å²) < 4.78 is 64.9. The molecule has 0 spiro atoms. The number of rotatable bonds is 18. The highest BCUT2D eigenvalue weighted by Gasteiger charge is 2.30. The van der Waals surface area contributed by atoms with Crippen LogP contribution in [-0.4, -0.2) is 122 Å². The molecule has 3 aromatic carbocycles. The predicted molar refractivity (Wildman–Crippen MR) is 188 cm³/mol. The van der Waals surface area contributed by atoms with Crippen LogP contribution in [0.25, 0.3) is 10.8 Å². The molecular formula is C40H50O12. The van der Waals surface area contributed by atoms with Crippen molar-refractivity contribution in [3.05, 3.63) is 66.2 Å². The molecule has 0 radical (unpaired) electrons. The molecule has 282 valence electrons. The lowest BCUT2D eigenvalue weighted by atomic mass is 9.95. The van der Waals surface area contributed by atoms with E-state index in [1.165, 1.54) is 24.6 Å². The van der Waals surface area contributed by atoms with Crippen LogP contribution in [0.4, 0.5) is 0 Å². The fourth-order valence-corrected chi connectivity index (χ4v) is 5.84. The highest BCUT2D eigenvalue weighted by atomic mass is 16.8. The molecule has 7 fully saturated rings. The van der Waals surface area contributed by atoms with Gasteiger partial charge in [0.2, 0.25) is 0 Å². The third-order valence-electron chi connectivity index (χ3n) is 9.43. The Kier molecular flexibility index (Phi) is 12.3. The van der Waals surface area contributed by atoms with E-state index in [9.17, 15) is 0 Å². The maximum absolute atomic E-state index is 5.85. The van der Waals surface area contributed by atoms with Gasteiger partial charge in [0.05, 0.1) is 65.1 Å². The van der Waals surface area contributed by atoms with Crippen molar-refractivity contribution in [2.24, 2.45) is 0 Å². The van der Waals surface area contributed by atoms with Gasteiger partial charge in [-0.25, -0.2) is 0 Å². The summed E-state index contributed by atoms with van der Waals surface area (Å²) in [6.07, 6.45) is 6.92. The summed E-state index contributed by atoms with van der Waals surface area (Å²) in [5.41, 5.74) is 1.16. The zero-order valence-electron chi connectivity index (χ0n) is 29.6. The third kappa shape index (κ3) is 12.5. The smallest absolute Gasteiger partial charge is 0.181 e. The fourth-order valence-electron chi connectivity index (χ4n) is 5.84. The van der Waals surface area contributed by atoms with Crippen molar-refractivity contribution in [1.82, 2.24) is 0 Å². The van der Waals surface area contributed by atoms with Gasteiger partial charge >= 0.3 is 0 Å². The van der Waals surface area contributed by atoms with Gasteiger partial charge in [0.1, 0.15) is 74.2 Å². The quantitative estimate of drug-likeness (QED) is 0.166. The van der Waals surface area contributed by atoms with Gasteiger partial charge in [0.25, 0.3) is 0 Å². The Morgan fingerprint density at radius 2 is 1.00 bits per heavy atom. The lowest BCUT2D eigenvalue weighted by molar-refractivity contribution is -0.0502. The molecule has 0 amide bonds. The van der Waals surface area contributed by atoms with Gasteiger partial charge in [0.15, 0.2) is 6.29 Å². The molecule has 8 atom stereocenters. The molecule has 8 unspecified atom stereocenters. The van der Waals surface area contributed by atoms with Crippen LogP contribution in [0.15, 0.2) is 60.7 Å². The molecule has 1 saturated carbocycles. The van der Waals surface area contributed by atoms with Crippen LogP contribution in [0.1, 0.15) is 31.2 Å². The van der Waals surface area contributed by atoms with Crippen LogP contribution >= 0.6 is 0 Å². The first-order valence-electron chi connectivity index (χ1n) is 18.7. The van der Waals surface area contributed by atoms with Crippen molar-refractivity contribution < 1.29 is 56.8 Å². The lowest BCUT2D eigenvalue weighted by Gasteiger charge is -2.29. The van der Waals surface area contributed by atoms with E-state index in [0.29, 0.717) is 57.5 Å². The second-order valence-electron chi connectivity index (χ2n) is 14.1. The van der Waals surface area contributed by atoms with Gasteiger partial charge in [-0.3, -0.25) is 0 Å². The van der Waals surface area contributed by atoms with Gasteiger partial charge in [-0.1, -0.05) is 36.4 Å². The van der Waals surface area contributed by atoms with E-state index in [1.54, 1.807) is 0 Å². The fraction of sp³-hybridized carbons (Fsp3) is 0.600. The SMILES string of the molecule is C1CC(OCC2CO2)CC(OCC2CO2)C1.c1cc(OCC2CO2)c2cccc(COC3CO3)c2c1.c1cc(OCC2CO2)cc(OCC2CO2)c1. The van der Waals surface area contributed by atoms with Gasteiger partial charge < -0.3 is 56.8 Å². The van der Waals surface area contributed by atoms with Crippen LogP contribution in [0.3, 0.4) is 0 Å². The van der Waals surface area contributed by atoms with Crippen LogP contribution in [-0.2, 0) is 49.2 Å². The summed E-state index contributed by atoms with van der Waals surface area (Å²) >= 11 is 0. The van der Waals surface area contributed by atoms with Crippen molar-refractivity contribution in [3.63, 3.8) is 0 Å². The second kappa shape index (κ2) is 17.9. The topological polar surface area (TPSA) is 131 Å². The first-order valence-corrected chi connectivity index (χ1v) is 18.7. The average Bonchev–Trinajstić information content (AvgIpc) is 3.97. The predicted octanol–water partition coefficient (Wildman–Crippen LogP) is 4.86. The highest BCUT2D eigenvalue weighted by molar-refractivity contribution is 5.90. The van der Waals surface area contributed by atoms with E-state index in [0.717, 1.165) is 80.9 Å². The number of fused-ring (bicyclic) bond motifs is 1. The number of hydrogen-bond acceptors (Lipinski definition) is 12. The molecule has 1 aliphatic carbocycles. The Labute approximate surface area is 304 Å². The molecular weight excluding hydrogens is 672 g/mol. The molecule has 0 N–H and O–H groups in total. The molecule has 6 heterocycles. The van der Waals surface area contributed by atoms with Crippen molar-refractivity contribution in [2.75, 3.05) is 72.7 Å². The maximum atomic E-state index is 5.85. The molecule has 52 heavy (non-hydrogen) atoms. The Balaban J connectivity index is 0.000000113. The van der Waals surface area contributed by atoms with Crippen LogP contribution in [0.2, 0.25) is 0 Å². The Morgan fingerprint density at radius 1 is 0.500 bits per heavy atom. The summed E-state index contributed by atoms with van der Waals surface area (Å²) in [5.74, 6) is 2.55. The molecule has 7 aliphatic rings. The van der Waals surface area contributed by atoms with E-state index < -0.39 is 0 Å². The third-order valence-corrected chi connectivity index (χ3v) is 9.43. The Hall–Kier alpha value is -3.04. The zero-order chi connectivity index (χ0) is 35.0. The van der Waals surface area contributed by atoms with E-state index in [1.807, 2.05) is 42.5 Å². The minimum absolute atomic E-state index is 0.0169. The van der Waals surface area contributed by atoms with E-state index >= 15 is 0 Å². The lowest BCUT2D eigenvalue weighted by Crippen LogP contribution is -2.30. The molecule has 3 aromatic rings. The summed E-state index contributed by atoms with van der Waals surface area (Å²) in [5, 5.41) is 2.29. The van der Waals surface area contributed by atoms with Gasteiger partial charge in [0, 0.05) is 11.5 Å². The first-order chi connectivity index (χ1) is 25.7. The van der Waals surface area contributed by atoms with E-state index in [-0.39, 0.29) is 24.6 Å². The minimum atomic E-state index is -0.0169.